The fraction of sp³-hybridized carbons (Fsp3) is 0. The number of furan rings is 1. The Hall–Kier alpha value is -8.86. The second kappa shape index (κ2) is 14.3. The highest BCUT2D eigenvalue weighted by Crippen LogP contribution is 2.52. The molecule has 0 saturated heterocycles. The van der Waals surface area contributed by atoms with Gasteiger partial charge >= 0.3 is 0 Å². The van der Waals surface area contributed by atoms with Crippen LogP contribution in [0.1, 0.15) is 0 Å². The van der Waals surface area contributed by atoms with Crippen molar-refractivity contribution in [2.24, 2.45) is 0 Å². The molecule has 14 rings (SSSR count). The molecule has 0 aliphatic carbocycles. The molecular formula is C62H38N2O2. The van der Waals surface area contributed by atoms with Gasteiger partial charge in [0.15, 0.2) is 0 Å². The molecule has 1 aliphatic heterocycles. The van der Waals surface area contributed by atoms with Gasteiger partial charge in [0.1, 0.15) is 22.7 Å². The molecule has 0 bridgehead atoms. The van der Waals surface area contributed by atoms with E-state index in [1.807, 2.05) is 0 Å². The number of benzene rings is 12. The molecule has 4 nitrogen and oxygen atoms in total. The smallest absolute Gasteiger partial charge is 0.137 e. The molecule has 0 spiro atoms. The lowest BCUT2D eigenvalue weighted by Crippen LogP contribution is -2.10. The van der Waals surface area contributed by atoms with Crippen LogP contribution in [0.5, 0.6) is 11.5 Å². The number of anilines is 6. The van der Waals surface area contributed by atoms with E-state index in [0.29, 0.717) is 0 Å². The number of fused-ring (bicyclic) bond motifs is 10. The SMILES string of the molecule is c1ccc2cc(N(c3ccc4c(c3)Oc3cccc5c3c-4cc3oc4cc(N(c6ccc7ccccc7c6)c6ccc7ccccc7c6)ccc4c35)c3ccc4ccccc4c3)ccc2c1. The molecule has 4 heteroatoms. The van der Waals surface area contributed by atoms with Gasteiger partial charge in [0.2, 0.25) is 0 Å². The highest BCUT2D eigenvalue weighted by molar-refractivity contribution is 6.24. The predicted octanol–water partition coefficient (Wildman–Crippen LogP) is 18.1. The average molecular weight is 843 g/mol. The van der Waals surface area contributed by atoms with E-state index in [1.165, 1.54) is 43.1 Å². The average Bonchev–Trinajstić information content (AvgIpc) is 3.74. The van der Waals surface area contributed by atoms with Crippen LogP contribution in [-0.2, 0) is 0 Å². The molecule has 66 heavy (non-hydrogen) atoms. The van der Waals surface area contributed by atoms with Crippen LogP contribution in [0.4, 0.5) is 34.1 Å². The van der Waals surface area contributed by atoms with Crippen LogP contribution < -0.4 is 14.5 Å². The maximum Gasteiger partial charge on any atom is 0.137 e. The predicted molar refractivity (Wildman–Crippen MR) is 276 cm³/mol. The normalized spacial score (nSPS) is 12.1. The largest absolute Gasteiger partial charge is 0.456 e. The second-order valence-electron chi connectivity index (χ2n) is 17.3. The van der Waals surface area contributed by atoms with Crippen molar-refractivity contribution in [2.75, 3.05) is 9.80 Å². The Morgan fingerprint density at radius 1 is 0.258 bits per heavy atom. The molecule has 0 saturated carbocycles. The van der Waals surface area contributed by atoms with Gasteiger partial charge in [-0.2, -0.15) is 0 Å². The van der Waals surface area contributed by atoms with Crippen LogP contribution in [0.2, 0.25) is 0 Å². The van der Waals surface area contributed by atoms with Crippen LogP contribution in [0, 0.1) is 0 Å². The van der Waals surface area contributed by atoms with Gasteiger partial charge in [-0.05, 0) is 133 Å². The Morgan fingerprint density at radius 3 is 1.21 bits per heavy atom. The van der Waals surface area contributed by atoms with Gasteiger partial charge in [-0.15, -0.1) is 0 Å². The quantitative estimate of drug-likeness (QED) is 0.167. The molecular weight excluding hydrogens is 805 g/mol. The molecule has 12 aromatic carbocycles. The van der Waals surface area contributed by atoms with Gasteiger partial charge in [0.25, 0.3) is 0 Å². The first kappa shape index (κ1) is 36.6. The van der Waals surface area contributed by atoms with Crippen LogP contribution in [0.25, 0.3) is 86.9 Å². The third kappa shape index (κ3) is 5.79. The Labute approximate surface area is 380 Å². The summed E-state index contributed by atoms with van der Waals surface area (Å²) in [4.78, 5) is 4.67. The second-order valence-corrected chi connectivity index (χ2v) is 17.3. The van der Waals surface area contributed by atoms with E-state index in [0.717, 1.165) is 89.5 Å². The maximum atomic E-state index is 6.96. The monoisotopic (exact) mass is 842 g/mol. The van der Waals surface area contributed by atoms with Crippen molar-refractivity contribution in [3.63, 3.8) is 0 Å². The highest BCUT2D eigenvalue weighted by Gasteiger charge is 2.26. The zero-order valence-electron chi connectivity index (χ0n) is 35.7. The molecule has 0 fully saturated rings. The van der Waals surface area contributed by atoms with E-state index in [2.05, 4.69) is 240 Å². The Balaban J connectivity index is 0.915. The van der Waals surface area contributed by atoms with Gasteiger partial charge in [-0.1, -0.05) is 133 Å². The first-order chi connectivity index (χ1) is 32.7. The topological polar surface area (TPSA) is 28.9 Å². The van der Waals surface area contributed by atoms with Crippen molar-refractivity contribution in [3.05, 3.63) is 231 Å². The molecule has 0 N–H and O–H groups in total. The summed E-state index contributed by atoms with van der Waals surface area (Å²) in [7, 11) is 0. The summed E-state index contributed by atoms with van der Waals surface area (Å²) in [5.74, 6) is 1.64. The first-order valence-electron chi connectivity index (χ1n) is 22.5. The zero-order valence-corrected chi connectivity index (χ0v) is 35.7. The van der Waals surface area contributed by atoms with Gasteiger partial charge in [-0.3, -0.25) is 0 Å². The van der Waals surface area contributed by atoms with Crippen LogP contribution >= 0.6 is 0 Å². The molecule has 0 atom stereocenters. The third-order valence-electron chi connectivity index (χ3n) is 13.5. The number of rotatable bonds is 6. The minimum absolute atomic E-state index is 0.804. The molecule has 1 aliphatic rings. The van der Waals surface area contributed by atoms with Crippen molar-refractivity contribution in [1.29, 1.82) is 0 Å². The van der Waals surface area contributed by atoms with Gasteiger partial charge in [0, 0.05) is 73.5 Å². The standard InChI is InChI=1S/C62H38N2O2/c1-5-14-43-32-47(24-20-39(43)10-1)63(48-25-21-40-11-2-6-15-44(40)33-48)51-28-30-53-56-38-60-61(55-18-9-19-57(62(55)56)65-58(53)36-51)54-31-29-52(37-59(54)66-60)64(49-26-22-41-12-3-7-16-45(41)34-49)50-27-23-42-13-4-8-17-46(42)35-50/h1-38H. The van der Waals surface area contributed by atoms with Crippen LogP contribution in [0.15, 0.2) is 235 Å². The van der Waals surface area contributed by atoms with E-state index < -0.39 is 0 Å². The van der Waals surface area contributed by atoms with Gasteiger partial charge < -0.3 is 19.0 Å². The minimum atomic E-state index is 0.804. The van der Waals surface area contributed by atoms with E-state index in [1.54, 1.807) is 0 Å². The summed E-state index contributed by atoms with van der Waals surface area (Å²) in [5, 5.41) is 13.9. The Kier molecular flexibility index (Phi) is 7.95. The van der Waals surface area contributed by atoms with E-state index in [4.69, 9.17) is 9.15 Å². The van der Waals surface area contributed by atoms with Crippen molar-refractivity contribution in [3.8, 4) is 22.6 Å². The summed E-state index contributed by atoms with van der Waals surface area (Å²) in [6.07, 6.45) is 0. The highest BCUT2D eigenvalue weighted by atomic mass is 16.5. The fourth-order valence-electron chi connectivity index (χ4n) is 10.4. The molecule has 13 aromatic rings. The molecule has 308 valence electrons. The number of hydrogen-bond donors (Lipinski definition) is 0. The number of hydrogen-bond acceptors (Lipinski definition) is 4. The minimum Gasteiger partial charge on any atom is -0.456 e. The van der Waals surface area contributed by atoms with Crippen molar-refractivity contribution < 1.29 is 9.15 Å². The summed E-state index contributed by atoms with van der Waals surface area (Å²) >= 11 is 0. The lowest BCUT2D eigenvalue weighted by Gasteiger charge is -2.28. The Morgan fingerprint density at radius 2 is 0.697 bits per heavy atom. The maximum absolute atomic E-state index is 6.96. The van der Waals surface area contributed by atoms with Crippen LogP contribution in [0.3, 0.4) is 0 Å². The third-order valence-corrected chi connectivity index (χ3v) is 13.5. The lowest BCUT2D eigenvalue weighted by molar-refractivity contribution is 0.487. The number of ether oxygens (including phenoxy) is 1. The molecule has 0 amide bonds. The summed E-state index contributed by atoms with van der Waals surface area (Å²) in [5.41, 5.74) is 10.1. The zero-order chi connectivity index (χ0) is 43.3. The molecule has 0 unspecified atom stereocenters. The van der Waals surface area contributed by atoms with Crippen LogP contribution in [-0.4, -0.2) is 0 Å². The molecule has 1 aromatic heterocycles. The summed E-state index contributed by atoms with van der Waals surface area (Å²) in [6.45, 7) is 0. The fourth-order valence-corrected chi connectivity index (χ4v) is 10.4. The van der Waals surface area contributed by atoms with E-state index >= 15 is 0 Å². The summed E-state index contributed by atoms with van der Waals surface area (Å²) < 4.78 is 13.9. The molecule has 2 heterocycles. The lowest BCUT2D eigenvalue weighted by atomic mass is 9.92. The van der Waals surface area contributed by atoms with Gasteiger partial charge in [-0.25, -0.2) is 0 Å². The Bertz CT molecular complexity index is 3970. The van der Waals surface area contributed by atoms with Gasteiger partial charge in [0.05, 0.1) is 0 Å². The van der Waals surface area contributed by atoms with Crippen molar-refractivity contribution >= 4 is 110 Å². The molecule has 0 radical (unpaired) electrons. The van der Waals surface area contributed by atoms with Crippen molar-refractivity contribution in [1.82, 2.24) is 0 Å². The first-order valence-corrected chi connectivity index (χ1v) is 22.5. The number of nitrogens with zero attached hydrogens (tertiary/aromatic N) is 2. The summed E-state index contributed by atoms with van der Waals surface area (Å²) in [6, 6.07) is 82.7. The van der Waals surface area contributed by atoms with Crippen molar-refractivity contribution in [2.45, 2.75) is 0 Å². The van der Waals surface area contributed by atoms with E-state index in [-0.39, 0.29) is 0 Å². The van der Waals surface area contributed by atoms with E-state index in [9.17, 15) is 0 Å².